The topological polar surface area (TPSA) is 41.9 Å². The Morgan fingerprint density at radius 2 is 2.07 bits per heavy atom. The Balaban J connectivity index is 2.50. The van der Waals surface area contributed by atoms with Crippen LogP contribution in [0.15, 0.2) is 0 Å². The first-order valence-corrected chi connectivity index (χ1v) is 5.08. The molecule has 0 unspecified atom stereocenters. The lowest BCUT2D eigenvalue weighted by Crippen LogP contribution is -2.48. The molecule has 0 aliphatic carbocycles. The van der Waals surface area contributed by atoms with Gasteiger partial charge in [-0.05, 0) is 26.3 Å². The molecule has 84 valence electrons. The zero-order valence-electron chi connectivity index (χ0n) is 9.32. The number of nitrogens with zero attached hydrogens (tertiary/aromatic N) is 1. The quantitative estimate of drug-likeness (QED) is 0.659. The standard InChI is InChI=1S/C10H21NO3/c1-10(8-12)5-4-6-11(10)7-9(13-2)14-3/h9,12H,4-8H2,1-3H3/t10-/m1/s1. The van der Waals surface area contributed by atoms with Gasteiger partial charge in [0.25, 0.3) is 0 Å². The summed E-state index contributed by atoms with van der Waals surface area (Å²) in [5.41, 5.74) is -0.0880. The second-order valence-electron chi connectivity index (χ2n) is 4.11. The zero-order valence-corrected chi connectivity index (χ0v) is 9.32. The SMILES string of the molecule is COC(CN1CCC[C@]1(C)CO)OC. The van der Waals surface area contributed by atoms with E-state index in [2.05, 4.69) is 11.8 Å². The summed E-state index contributed by atoms with van der Waals surface area (Å²) < 4.78 is 10.3. The van der Waals surface area contributed by atoms with Crippen LogP contribution in [0.5, 0.6) is 0 Å². The van der Waals surface area contributed by atoms with Gasteiger partial charge in [-0.25, -0.2) is 0 Å². The number of methoxy groups -OCH3 is 2. The maximum absolute atomic E-state index is 9.33. The molecule has 4 heteroatoms. The Labute approximate surface area is 85.8 Å². The van der Waals surface area contributed by atoms with Crippen molar-refractivity contribution in [3.63, 3.8) is 0 Å². The van der Waals surface area contributed by atoms with Crippen molar-refractivity contribution < 1.29 is 14.6 Å². The van der Waals surface area contributed by atoms with E-state index in [1.807, 2.05) is 0 Å². The molecule has 0 aromatic carbocycles. The fraction of sp³-hybridized carbons (Fsp3) is 1.00. The van der Waals surface area contributed by atoms with E-state index in [1.54, 1.807) is 14.2 Å². The van der Waals surface area contributed by atoms with Crippen LogP contribution >= 0.6 is 0 Å². The molecule has 1 heterocycles. The molecule has 0 aromatic rings. The van der Waals surface area contributed by atoms with Gasteiger partial charge in [0.15, 0.2) is 6.29 Å². The van der Waals surface area contributed by atoms with Crippen molar-refractivity contribution in [3.05, 3.63) is 0 Å². The van der Waals surface area contributed by atoms with Crippen LogP contribution in [-0.2, 0) is 9.47 Å². The molecule has 1 fully saturated rings. The third-order valence-corrected chi connectivity index (χ3v) is 3.14. The van der Waals surface area contributed by atoms with Gasteiger partial charge in [-0.3, -0.25) is 4.90 Å². The van der Waals surface area contributed by atoms with E-state index >= 15 is 0 Å². The van der Waals surface area contributed by atoms with Crippen molar-refractivity contribution >= 4 is 0 Å². The average Bonchev–Trinajstić information content (AvgIpc) is 2.57. The van der Waals surface area contributed by atoms with Gasteiger partial charge in [-0.2, -0.15) is 0 Å². The number of ether oxygens (including phenoxy) is 2. The largest absolute Gasteiger partial charge is 0.394 e. The summed E-state index contributed by atoms with van der Waals surface area (Å²) in [7, 11) is 3.28. The van der Waals surface area contributed by atoms with Gasteiger partial charge in [-0.1, -0.05) is 0 Å². The molecule has 0 bridgehead atoms. The molecule has 1 aliphatic rings. The molecule has 0 saturated carbocycles. The molecule has 1 saturated heterocycles. The van der Waals surface area contributed by atoms with Crippen molar-refractivity contribution in [1.29, 1.82) is 0 Å². The molecule has 4 nitrogen and oxygen atoms in total. The van der Waals surface area contributed by atoms with Crippen LogP contribution in [-0.4, -0.2) is 55.8 Å². The first-order valence-electron chi connectivity index (χ1n) is 5.08. The molecule has 0 spiro atoms. The van der Waals surface area contributed by atoms with E-state index in [4.69, 9.17) is 9.47 Å². The van der Waals surface area contributed by atoms with E-state index in [1.165, 1.54) is 0 Å². The molecule has 1 rings (SSSR count). The predicted octanol–water partition coefficient (Wildman–Crippen LogP) is 0.452. The molecule has 1 aliphatic heterocycles. The van der Waals surface area contributed by atoms with Crippen molar-refractivity contribution in [1.82, 2.24) is 4.90 Å². The van der Waals surface area contributed by atoms with Crippen LogP contribution in [0.3, 0.4) is 0 Å². The number of hydrogen-bond acceptors (Lipinski definition) is 4. The highest BCUT2D eigenvalue weighted by atomic mass is 16.7. The molecular formula is C10H21NO3. The summed E-state index contributed by atoms with van der Waals surface area (Å²) in [5, 5.41) is 9.33. The molecular weight excluding hydrogens is 182 g/mol. The average molecular weight is 203 g/mol. The van der Waals surface area contributed by atoms with Gasteiger partial charge in [0.1, 0.15) is 0 Å². The Morgan fingerprint density at radius 3 is 2.57 bits per heavy atom. The number of aliphatic hydroxyl groups is 1. The van der Waals surface area contributed by atoms with Gasteiger partial charge in [0.2, 0.25) is 0 Å². The second kappa shape index (κ2) is 5.07. The monoisotopic (exact) mass is 203 g/mol. The van der Waals surface area contributed by atoms with Crippen LogP contribution in [0, 0.1) is 0 Å². The lowest BCUT2D eigenvalue weighted by Gasteiger charge is -2.35. The maximum atomic E-state index is 9.33. The summed E-state index contributed by atoms with van der Waals surface area (Å²) in [6, 6.07) is 0. The van der Waals surface area contributed by atoms with E-state index in [-0.39, 0.29) is 18.4 Å². The number of rotatable bonds is 5. The Morgan fingerprint density at radius 1 is 1.43 bits per heavy atom. The fourth-order valence-corrected chi connectivity index (χ4v) is 1.99. The number of aliphatic hydroxyl groups excluding tert-OH is 1. The molecule has 0 amide bonds. The highest BCUT2D eigenvalue weighted by molar-refractivity contribution is 4.91. The van der Waals surface area contributed by atoms with E-state index in [9.17, 15) is 5.11 Å². The third kappa shape index (κ3) is 2.45. The van der Waals surface area contributed by atoms with Gasteiger partial charge in [-0.15, -0.1) is 0 Å². The molecule has 0 aromatic heterocycles. The van der Waals surface area contributed by atoms with Crippen LogP contribution in [0.4, 0.5) is 0 Å². The third-order valence-electron chi connectivity index (χ3n) is 3.14. The minimum absolute atomic E-state index is 0.0880. The smallest absolute Gasteiger partial charge is 0.169 e. The van der Waals surface area contributed by atoms with Gasteiger partial charge < -0.3 is 14.6 Å². The minimum Gasteiger partial charge on any atom is -0.394 e. The van der Waals surface area contributed by atoms with Crippen LogP contribution < -0.4 is 0 Å². The zero-order chi connectivity index (χ0) is 10.6. The summed E-state index contributed by atoms with van der Waals surface area (Å²) in [5.74, 6) is 0. The van der Waals surface area contributed by atoms with E-state index in [0.29, 0.717) is 0 Å². The van der Waals surface area contributed by atoms with Crippen molar-refractivity contribution in [2.45, 2.75) is 31.6 Å². The first kappa shape index (κ1) is 11.9. The summed E-state index contributed by atoms with van der Waals surface area (Å²) in [4.78, 5) is 2.24. The second-order valence-corrected chi connectivity index (χ2v) is 4.11. The van der Waals surface area contributed by atoms with Crippen molar-refractivity contribution in [3.8, 4) is 0 Å². The highest BCUT2D eigenvalue weighted by Crippen LogP contribution is 2.28. The van der Waals surface area contributed by atoms with Gasteiger partial charge in [0.05, 0.1) is 13.2 Å². The maximum Gasteiger partial charge on any atom is 0.169 e. The fourth-order valence-electron chi connectivity index (χ4n) is 1.99. The Bertz CT molecular complexity index is 173. The van der Waals surface area contributed by atoms with Crippen LogP contribution in [0.1, 0.15) is 19.8 Å². The van der Waals surface area contributed by atoms with Gasteiger partial charge in [0, 0.05) is 19.8 Å². The molecule has 1 N–H and O–H groups in total. The summed E-state index contributed by atoms with van der Waals surface area (Å²) in [6.45, 7) is 4.03. The first-order chi connectivity index (χ1) is 6.66. The molecule has 1 atom stereocenters. The Hall–Kier alpha value is -0.160. The normalized spacial score (nSPS) is 28.9. The Kier molecular flexibility index (Phi) is 4.31. The van der Waals surface area contributed by atoms with Crippen molar-refractivity contribution in [2.24, 2.45) is 0 Å². The molecule has 14 heavy (non-hydrogen) atoms. The summed E-state index contributed by atoms with van der Waals surface area (Å²) >= 11 is 0. The highest BCUT2D eigenvalue weighted by Gasteiger charge is 2.36. The van der Waals surface area contributed by atoms with Crippen LogP contribution in [0.2, 0.25) is 0 Å². The number of hydrogen-bond donors (Lipinski definition) is 1. The van der Waals surface area contributed by atoms with Gasteiger partial charge >= 0.3 is 0 Å². The molecule has 0 radical (unpaired) electrons. The lowest BCUT2D eigenvalue weighted by atomic mass is 10.0. The number of likely N-dealkylation sites (tertiary alicyclic amines) is 1. The lowest BCUT2D eigenvalue weighted by molar-refractivity contribution is -0.125. The van der Waals surface area contributed by atoms with Crippen molar-refractivity contribution in [2.75, 3.05) is 33.9 Å². The van der Waals surface area contributed by atoms with E-state index in [0.717, 1.165) is 25.9 Å². The minimum atomic E-state index is -0.195. The summed E-state index contributed by atoms with van der Waals surface area (Å²) in [6.07, 6.45) is 1.99. The predicted molar refractivity (Wildman–Crippen MR) is 54.1 cm³/mol. The van der Waals surface area contributed by atoms with E-state index < -0.39 is 0 Å². The van der Waals surface area contributed by atoms with Crippen LogP contribution in [0.25, 0.3) is 0 Å².